The van der Waals surface area contributed by atoms with Crippen LogP contribution in [-0.2, 0) is 0 Å². The molecule has 76 valence electrons. The van der Waals surface area contributed by atoms with Crippen molar-refractivity contribution >= 4 is 12.7 Å². The number of anilines is 1. The van der Waals surface area contributed by atoms with Crippen LogP contribution in [0.15, 0.2) is 24.5 Å². The maximum atomic E-state index is 12.2. The molecular weight excluding hydrogens is 231 g/mol. The van der Waals surface area contributed by atoms with E-state index in [1.807, 2.05) is 0 Å². The summed E-state index contributed by atoms with van der Waals surface area (Å²) in [7, 11) is 0. The molecule has 0 atom stereocenters. The second-order valence-electron chi connectivity index (χ2n) is 3.50. The molecule has 0 N–H and O–H groups in total. The van der Waals surface area contributed by atoms with E-state index >= 15 is 0 Å². The van der Waals surface area contributed by atoms with E-state index in [9.17, 15) is 12.9 Å². The van der Waals surface area contributed by atoms with E-state index in [4.69, 9.17) is 0 Å². The van der Waals surface area contributed by atoms with Gasteiger partial charge in [0.05, 0.1) is 11.9 Å². The van der Waals surface area contributed by atoms with Crippen molar-refractivity contribution in [1.82, 2.24) is 4.98 Å². The molecule has 1 aromatic rings. The van der Waals surface area contributed by atoms with E-state index in [2.05, 4.69) is 4.98 Å². The third-order valence-electron chi connectivity index (χ3n) is 2.46. The predicted molar refractivity (Wildman–Crippen MR) is 49.3 cm³/mol. The minimum Gasteiger partial charge on any atom is -0.449 e. The first kappa shape index (κ1) is 13.5. The Morgan fingerprint density at radius 2 is 2.00 bits per heavy atom. The zero-order valence-corrected chi connectivity index (χ0v) is 11.5. The molecule has 0 aromatic carbocycles. The van der Waals surface area contributed by atoms with Crippen LogP contribution in [0, 0.1) is 0 Å². The molecule has 7 heteroatoms. The fourth-order valence-electron chi connectivity index (χ4n) is 1.50. The van der Waals surface area contributed by atoms with E-state index in [0.717, 1.165) is 5.69 Å². The fourth-order valence-corrected chi connectivity index (χ4v) is 1.50. The zero-order chi connectivity index (χ0) is 10.2. The molecular formula is C8H9BF3KN2. The first-order chi connectivity index (χ1) is 6.57. The number of halogens is 3. The van der Waals surface area contributed by atoms with Gasteiger partial charge in [0.15, 0.2) is 0 Å². The Morgan fingerprint density at radius 1 is 1.33 bits per heavy atom. The Morgan fingerprint density at radius 3 is 2.47 bits per heavy atom. The van der Waals surface area contributed by atoms with Gasteiger partial charge in [0, 0.05) is 6.20 Å². The summed E-state index contributed by atoms with van der Waals surface area (Å²) in [4.78, 5) is 5.54. The van der Waals surface area contributed by atoms with Gasteiger partial charge >= 0.3 is 58.4 Å². The maximum Gasteiger partial charge on any atom is 1.00 e. The molecule has 15 heavy (non-hydrogen) atoms. The van der Waals surface area contributed by atoms with Gasteiger partial charge in [-0.05, 0) is 31.0 Å². The second-order valence-corrected chi connectivity index (χ2v) is 3.50. The van der Waals surface area contributed by atoms with Gasteiger partial charge in [0.1, 0.15) is 0 Å². The molecule has 0 amide bonds. The monoisotopic (exact) mass is 240 g/mol. The normalized spacial score (nSPS) is 16.9. The summed E-state index contributed by atoms with van der Waals surface area (Å²) < 4.78 is 36.6. The number of aromatic nitrogens is 1. The van der Waals surface area contributed by atoms with E-state index < -0.39 is 12.8 Å². The molecule has 2 rings (SSSR count). The van der Waals surface area contributed by atoms with Crippen LogP contribution in [0.25, 0.3) is 0 Å². The predicted octanol–water partition coefficient (Wildman–Crippen LogP) is -0.877. The minimum atomic E-state index is -4.67. The second kappa shape index (κ2) is 5.18. The van der Waals surface area contributed by atoms with Crippen LogP contribution in [0.1, 0.15) is 0 Å². The molecule has 1 aliphatic rings. The van der Waals surface area contributed by atoms with Gasteiger partial charge in [0.25, 0.3) is 0 Å². The van der Waals surface area contributed by atoms with E-state index in [1.165, 1.54) is 0 Å². The van der Waals surface area contributed by atoms with Crippen molar-refractivity contribution in [1.29, 1.82) is 0 Å². The van der Waals surface area contributed by atoms with Crippen LogP contribution in [-0.4, -0.2) is 25.1 Å². The SMILES string of the molecule is F[B-](F)(F)C1CN(c2cccnc2)C1.[K+]. The topological polar surface area (TPSA) is 16.1 Å². The van der Waals surface area contributed by atoms with Crippen molar-refractivity contribution in [2.45, 2.75) is 5.82 Å². The van der Waals surface area contributed by atoms with Crippen molar-refractivity contribution in [2.75, 3.05) is 18.0 Å². The molecule has 1 aliphatic heterocycles. The van der Waals surface area contributed by atoms with Crippen molar-refractivity contribution < 1.29 is 64.3 Å². The Hall–Kier alpha value is 0.441. The van der Waals surface area contributed by atoms with Gasteiger partial charge in [-0.25, -0.2) is 0 Å². The van der Waals surface area contributed by atoms with Gasteiger partial charge in [-0.3, -0.25) is 4.98 Å². The number of hydrogen-bond donors (Lipinski definition) is 0. The van der Waals surface area contributed by atoms with Gasteiger partial charge in [-0.15, -0.1) is 0 Å². The molecule has 1 fully saturated rings. The number of rotatable bonds is 2. The van der Waals surface area contributed by atoms with Gasteiger partial charge in [-0.2, -0.15) is 0 Å². The first-order valence-corrected chi connectivity index (χ1v) is 4.42. The summed E-state index contributed by atoms with van der Waals surface area (Å²) in [5.41, 5.74) is 0.767. The van der Waals surface area contributed by atoms with Crippen molar-refractivity contribution in [3.05, 3.63) is 24.5 Å². The Labute approximate surface area is 129 Å². The standard InChI is InChI=1S/C8H9BF3N2.K/c10-9(11,12)7-5-14(6-7)8-2-1-3-13-4-8;/h1-4,7H,5-6H2;/q-1;+1. The summed E-state index contributed by atoms with van der Waals surface area (Å²) in [5.74, 6) is -1.12. The van der Waals surface area contributed by atoms with Crippen LogP contribution >= 0.6 is 0 Å². The molecule has 0 bridgehead atoms. The average molecular weight is 240 g/mol. The van der Waals surface area contributed by atoms with Crippen molar-refractivity contribution in [3.8, 4) is 0 Å². The molecule has 1 saturated heterocycles. The Balaban J connectivity index is 0.00000112. The molecule has 0 unspecified atom stereocenters. The van der Waals surface area contributed by atoms with Crippen molar-refractivity contribution in [3.63, 3.8) is 0 Å². The summed E-state index contributed by atoms with van der Waals surface area (Å²) in [6, 6.07) is 3.49. The molecule has 1 aromatic heterocycles. The van der Waals surface area contributed by atoms with E-state index in [-0.39, 0.29) is 64.5 Å². The van der Waals surface area contributed by atoms with Gasteiger partial charge in [0.2, 0.25) is 0 Å². The summed E-state index contributed by atoms with van der Waals surface area (Å²) in [5, 5.41) is 0. The fraction of sp³-hybridized carbons (Fsp3) is 0.375. The molecule has 0 aliphatic carbocycles. The smallest absolute Gasteiger partial charge is 0.449 e. The summed E-state index contributed by atoms with van der Waals surface area (Å²) in [6.45, 7) is -4.51. The Kier molecular flexibility index (Phi) is 4.66. The van der Waals surface area contributed by atoms with Crippen molar-refractivity contribution in [2.24, 2.45) is 0 Å². The van der Waals surface area contributed by atoms with Gasteiger partial charge in [-0.1, -0.05) is 0 Å². The Bertz CT molecular complexity index is 313. The number of hydrogen-bond acceptors (Lipinski definition) is 2. The minimum absolute atomic E-state index is 0. The third-order valence-corrected chi connectivity index (χ3v) is 2.46. The van der Waals surface area contributed by atoms with Crippen LogP contribution in [0.5, 0.6) is 0 Å². The molecule has 2 nitrogen and oxygen atoms in total. The van der Waals surface area contributed by atoms with E-state index in [0.29, 0.717) is 0 Å². The van der Waals surface area contributed by atoms with Gasteiger partial charge < -0.3 is 17.8 Å². The first-order valence-electron chi connectivity index (χ1n) is 4.42. The van der Waals surface area contributed by atoms with Crippen LogP contribution < -0.4 is 56.3 Å². The third kappa shape index (κ3) is 3.20. The summed E-state index contributed by atoms with van der Waals surface area (Å²) in [6.07, 6.45) is 3.19. The molecule has 2 heterocycles. The number of nitrogens with zero attached hydrogens (tertiary/aromatic N) is 2. The average Bonchev–Trinajstić information content (AvgIpc) is 2.00. The molecule has 0 spiro atoms. The van der Waals surface area contributed by atoms with Crippen LogP contribution in [0.4, 0.5) is 18.6 Å². The van der Waals surface area contributed by atoms with E-state index in [1.54, 1.807) is 29.4 Å². The molecule has 0 saturated carbocycles. The number of pyridine rings is 1. The molecule has 0 radical (unpaired) electrons. The van der Waals surface area contributed by atoms with Crippen LogP contribution in [0.2, 0.25) is 5.82 Å². The maximum absolute atomic E-state index is 12.2. The quantitative estimate of drug-likeness (QED) is 0.624. The largest absolute Gasteiger partial charge is 1.00 e. The zero-order valence-electron chi connectivity index (χ0n) is 8.41. The van der Waals surface area contributed by atoms with Crippen LogP contribution in [0.3, 0.4) is 0 Å². The summed E-state index contributed by atoms with van der Waals surface area (Å²) >= 11 is 0.